The summed E-state index contributed by atoms with van der Waals surface area (Å²) < 4.78 is 0. The highest BCUT2D eigenvalue weighted by atomic mass is 16.4. The fourth-order valence-electron chi connectivity index (χ4n) is 3.55. The highest BCUT2D eigenvalue weighted by Crippen LogP contribution is 2.35. The zero-order valence-electron chi connectivity index (χ0n) is 12.7. The normalized spacial score (nSPS) is 28.4. The second-order valence-corrected chi connectivity index (χ2v) is 6.77. The molecule has 2 fully saturated rings. The summed E-state index contributed by atoms with van der Waals surface area (Å²) in [6.07, 6.45) is 5.73. The number of hydrogen-bond donors (Lipinski definition) is 3. The monoisotopic (exact) mass is 298 g/mol. The van der Waals surface area contributed by atoms with E-state index in [4.69, 9.17) is 5.11 Å². The number of piperidine rings is 1. The number of carboxylic acids is 1. The first kappa shape index (κ1) is 16.1. The fourth-order valence-corrected chi connectivity index (χ4v) is 3.55. The molecule has 0 bridgehead atoms. The van der Waals surface area contributed by atoms with Gasteiger partial charge in [0.1, 0.15) is 0 Å². The predicted molar refractivity (Wildman–Crippen MR) is 77.9 cm³/mol. The topological polar surface area (TPSA) is 89.9 Å². The zero-order valence-corrected chi connectivity index (χ0v) is 12.7. The van der Waals surface area contributed by atoms with E-state index in [9.17, 15) is 14.7 Å². The lowest BCUT2D eigenvalue weighted by Crippen LogP contribution is -2.51. The second kappa shape index (κ2) is 6.64. The molecule has 1 aliphatic carbocycles. The first-order chi connectivity index (χ1) is 9.87. The Kier molecular flexibility index (Phi) is 5.08. The third-order valence-corrected chi connectivity index (χ3v) is 4.73. The maximum atomic E-state index is 12.2. The van der Waals surface area contributed by atoms with Gasteiger partial charge in [0.05, 0.1) is 12.0 Å². The van der Waals surface area contributed by atoms with Crippen LogP contribution in [-0.2, 0) is 4.79 Å². The molecule has 0 radical (unpaired) electrons. The number of fused-ring (bicyclic) bond motifs is 1. The number of nitrogens with one attached hydrogen (secondary N) is 1. The van der Waals surface area contributed by atoms with Crippen LogP contribution in [0.5, 0.6) is 0 Å². The number of rotatable bonds is 4. The van der Waals surface area contributed by atoms with Gasteiger partial charge in [0.2, 0.25) is 0 Å². The second-order valence-electron chi connectivity index (χ2n) is 6.77. The SMILES string of the molecule is CC(O)(CNC(=O)N1CCC2CCCCC2C1)CC(=O)O. The van der Waals surface area contributed by atoms with Crippen molar-refractivity contribution in [1.82, 2.24) is 10.2 Å². The Bertz CT molecular complexity index is 397. The number of carbonyl (C=O) groups is 2. The van der Waals surface area contributed by atoms with Crippen LogP contribution in [0, 0.1) is 11.8 Å². The van der Waals surface area contributed by atoms with Gasteiger partial charge in [-0.3, -0.25) is 4.79 Å². The number of hydrogen-bond acceptors (Lipinski definition) is 3. The highest BCUT2D eigenvalue weighted by molar-refractivity contribution is 5.74. The number of urea groups is 1. The van der Waals surface area contributed by atoms with Crippen molar-refractivity contribution in [3.8, 4) is 0 Å². The minimum Gasteiger partial charge on any atom is -0.481 e. The van der Waals surface area contributed by atoms with Gasteiger partial charge in [-0.05, 0) is 31.6 Å². The lowest BCUT2D eigenvalue weighted by atomic mass is 9.75. The van der Waals surface area contributed by atoms with Crippen LogP contribution in [0.1, 0.15) is 45.4 Å². The molecule has 3 unspecified atom stereocenters. The molecule has 6 nitrogen and oxygen atoms in total. The molecule has 2 amide bonds. The van der Waals surface area contributed by atoms with Crippen molar-refractivity contribution >= 4 is 12.0 Å². The van der Waals surface area contributed by atoms with Crippen molar-refractivity contribution in [2.75, 3.05) is 19.6 Å². The molecule has 1 aliphatic heterocycles. The van der Waals surface area contributed by atoms with Crippen molar-refractivity contribution in [3.05, 3.63) is 0 Å². The molecule has 0 aromatic rings. The Labute approximate surface area is 125 Å². The smallest absolute Gasteiger partial charge is 0.317 e. The Morgan fingerprint density at radius 3 is 2.57 bits per heavy atom. The van der Waals surface area contributed by atoms with Gasteiger partial charge in [-0.1, -0.05) is 19.3 Å². The fraction of sp³-hybridized carbons (Fsp3) is 0.867. The molecule has 1 heterocycles. The van der Waals surface area contributed by atoms with E-state index in [0.717, 1.165) is 25.4 Å². The number of carboxylic acid groups (broad SMARTS) is 1. The van der Waals surface area contributed by atoms with Gasteiger partial charge >= 0.3 is 12.0 Å². The van der Waals surface area contributed by atoms with Crippen LogP contribution in [0.4, 0.5) is 4.79 Å². The van der Waals surface area contributed by atoms with E-state index in [1.165, 1.54) is 32.6 Å². The summed E-state index contributed by atoms with van der Waals surface area (Å²) in [6.45, 7) is 2.93. The standard InChI is InChI=1S/C15H26N2O4/c1-15(21,8-13(18)19)10-16-14(20)17-7-6-11-4-2-3-5-12(11)9-17/h11-12,21H,2-10H2,1H3,(H,16,20)(H,18,19). The van der Waals surface area contributed by atoms with Crippen molar-refractivity contribution < 1.29 is 19.8 Å². The number of likely N-dealkylation sites (tertiary alicyclic amines) is 1. The summed E-state index contributed by atoms with van der Waals surface area (Å²) >= 11 is 0. The van der Waals surface area contributed by atoms with Crippen molar-refractivity contribution in [3.63, 3.8) is 0 Å². The maximum Gasteiger partial charge on any atom is 0.317 e. The van der Waals surface area contributed by atoms with Crippen molar-refractivity contribution in [2.45, 2.75) is 51.0 Å². The van der Waals surface area contributed by atoms with Gasteiger partial charge in [-0.15, -0.1) is 0 Å². The van der Waals surface area contributed by atoms with Crippen LogP contribution in [0.15, 0.2) is 0 Å². The lowest BCUT2D eigenvalue weighted by molar-refractivity contribution is -0.141. The summed E-state index contributed by atoms with van der Waals surface area (Å²) in [6, 6.07) is -0.190. The highest BCUT2D eigenvalue weighted by Gasteiger charge is 2.33. The van der Waals surface area contributed by atoms with Crippen molar-refractivity contribution in [2.24, 2.45) is 11.8 Å². The van der Waals surface area contributed by atoms with E-state index in [-0.39, 0.29) is 19.0 Å². The van der Waals surface area contributed by atoms with Gasteiger partial charge in [-0.2, -0.15) is 0 Å². The maximum absolute atomic E-state index is 12.2. The summed E-state index contributed by atoms with van der Waals surface area (Å²) in [5.74, 6) is 0.299. The minimum atomic E-state index is -1.41. The number of aliphatic carboxylic acids is 1. The molecule has 0 aromatic heterocycles. The first-order valence-corrected chi connectivity index (χ1v) is 7.84. The Morgan fingerprint density at radius 1 is 1.24 bits per heavy atom. The molecule has 3 atom stereocenters. The van der Waals surface area contributed by atoms with Crippen LogP contribution >= 0.6 is 0 Å². The molecule has 6 heteroatoms. The van der Waals surface area contributed by atoms with E-state index in [2.05, 4.69) is 5.32 Å². The average molecular weight is 298 g/mol. The molecular formula is C15H26N2O4. The summed E-state index contributed by atoms with van der Waals surface area (Å²) in [4.78, 5) is 24.6. The van der Waals surface area contributed by atoms with Gasteiger partial charge in [0, 0.05) is 19.6 Å². The van der Waals surface area contributed by atoms with E-state index in [0.29, 0.717) is 5.92 Å². The van der Waals surface area contributed by atoms with E-state index in [1.807, 2.05) is 4.90 Å². The number of aliphatic hydroxyl groups is 1. The lowest BCUT2D eigenvalue weighted by Gasteiger charge is -2.41. The number of nitrogens with zero attached hydrogens (tertiary/aromatic N) is 1. The van der Waals surface area contributed by atoms with Crippen molar-refractivity contribution in [1.29, 1.82) is 0 Å². The first-order valence-electron chi connectivity index (χ1n) is 7.84. The largest absolute Gasteiger partial charge is 0.481 e. The quantitative estimate of drug-likeness (QED) is 0.732. The van der Waals surface area contributed by atoms with Crippen LogP contribution in [0.25, 0.3) is 0 Å². The van der Waals surface area contributed by atoms with Crippen LogP contribution in [-0.4, -0.2) is 52.3 Å². The third-order valence-electron chi connectivity index (χ3n) is 4.73. The summed E-state index contributed by atoms with van der Waals surface area (Å²) in [5, 5.41) is 21.3. The van der Waals surface area contributed by atoms with Gasteiger partial charge in [0.25, 0.3) is 0 Å². The average Bonchev–Trinajstić information content (AvgIpc) is 2.43. The van der Waals surface area contributed by atoms with E-state index in [1.54, 1.807) is 0 Å². The Balaban J connectivity index is 1.79. The molecule has 0 aromatic carbocycles. The van der Waals surface area contributed by atoms with Crippen LogP contribution in [0.3, 0.4) is 0 Å². The minimum absolute atomic E-state index is 0.0390. The predicted octanol–water partition coefficient (Wildman–Crippen LogP) is 1.43. The summed E-state index contributed by atoms with van der Waals surface area (Å²) in [5.41, 5.74) is -1.41. The molecular weight excluding hydrogens is 272 g/mol. The number of amides is 2. The molecule has 1 saturated heterocycles. The molecule has 2 rings (SSSR count). The molecule has 1 saturated carbocycles. The molecule has 2 aliphatic rings. The zero-order chi connectivity index (χ0) is 15.5. The molecule has 3 N–H and O–H groups in total. The van der Waals surface area contributed by atoms with Gasteiger partial charge in [-0.25, -0.2) is 4.79 Å². The molecule has 21 heavy (non-hydrogen) atoms. The third kappa shape index (κ3) is 4.59. The van der Waals surface area contributed by atoms with Gasteiger partial charge < -0.3 is 20.4 Å². The van der Waals surface area contributed by atoms with E-state index >= 15 is 0 Å². The van der Waals surface area contributed by atoms with Crippen LogP contribution < -0.4 is 5.32 Å². The van der Waals surface area contributed by atoms with Crippen LogP contribution in [0.2, 0.25) is 0 Å². The van der Waals surface area contributed by atoms with Gasteiger partial charge in [0.15, 0.2) is 0 Å². The van der Waals surface area contributed by atoms with E-state index < -0.39 is 11.6 Å². The molecule has 0 spiro atoms. The summed E-state index contributed by atoms with van der Waals surface area (Å²) in [7, 11) is 0. The number of carbonyl (C=O) groups excluding carboxylic acids is 1. The Hall–Kier alpha value is -1.30. The Morgan fingerprint density at radius 2 is 1.90 bits per heavy atom. The molecule has 120 valence electrons.